The van der Waals surface area contributed by atoms with Crippen molar-refractivity contribution in [3.63, 3.8) is 0 Å². The van der Waals surface area contributed by atoms with Crippen LogP contribution in [0.4, 0.5) is 0 Å². The molecular weight excluding hydrogens is 302 g/mol. The van der Waals surface area contributed by atoms with Crippen LogP contribution in [0, 0.1) is 6.92 Å². The lowest BCUT2D eigenvalue weighted by Crippen LogP contribution is -2.29. The minimum Gasteiger partial charge on any atom is -0.390 e. The highest BCUT2D eigenvalue weighted by molar-refractivity contribution is 5.94. The van der Waals surface area contributed by atoms with Crippen LogP contribution in [0.1, 0.15) is 54.7 Å². The summed E-state index contributed by atoms with van der Waals surface area (Å²) in [5.41, 5.74) is 2.11. The SMILES string of the molecule is Cc1cnn([C@@H](C)CNC(=O)c2cccc(CCC(C)(C)O)c2)c1. The van der Waals surface area contributed by atoms with Crippen LogP contribution in [-0.4, -0.2) is 32.9 Å². The molecule has 0 bridgehead atoms. The molecular formula is C19H27N3O2. The fourth-order valence-corrected chi connectivity index (χ4v) is 2.43. The molecule has 2 rings (SSSR count). The molecule has 0 fully saturated rings. The van der Waals surface area contributed by atoms with Gasteiger partial charge in [-0.15, -0.1) is 0 Å². The Bertz CT molecular complexity index is 686. The van der Waals surface area contributed by atoms with Crippen molar-refractivity contribution < 1.29 is 9.90 Å². The van der Waals surface area contributed by atoms with Crippen LogP contribution < -0.4 is 5.32 Å². The summed E-state index contributed by atoms with van der Waals surface area (Å²) in [6, 6.07) is 7.67. The lowest BCUT2D eigenvalue weighted by molar-refractivity contribution is 0.0714. The smallest absolute Gasteiger partial charge is 0.251 e. The monoisotopic (exact) mass is 329 g/mol. The quantitative estimate of drug-likeness (QED) is 0.821. The van der Waals surface area contributed by atoms with Crippen LogP contribution in [0.5, 0.6) is 0 Å². The van der Waals surface area contributed by atoms with E-state index in [0.29, 0.717) is 18.5 Å². The van der Waals surface area contributed by atoms with Gasteiger partial charge in [-0.05, 0) is 63.8 Å². The van der Waals surface area contributed by atoms with Crippen LogP contribution in [-0.2, 0) is 6.42 Å². The Hall–Kier alpha value is -2.14. The van der Waals surface area contributed by atoms with Crippen molar-refractivity contribution in [3.05, 3.63) is 53.3 Å². The Morgan fingerprint density at radius 3 is 2.79 bits per heavy atom. The Balaban J connectivity index is 1.92. The zero-order valence-electron chi connectivity index (χ0n) is 14.9. The molecule has 0 aliphatic heterocycles. The maximum absolute atomic E-state index is 12.3. The van der Waals surface area contributed by atoms with Gasteiger partial charge in [0.05, 0.1) is 17.8 Å². The van der Waals surface area contributed by atoms with E-state index in [0.717, 1.165) is 17.5 Å². The van der Waals surface area contributed by atoms with Gasteiger partial charge < -0.3 is 10.4 Å². The first-order valence-electron chi connectivity index (χ1n) is 8.35. The second kappa shape index (κ2) is 7.62. The van der Waals surface area contributed by atoms with E-state index in [-0.39, 0.29) is 11.9 Å². The second-order valence-corrected chi connectivity index (χ2v) is 7.07. The van der Waals surface area contributed by atoms with Crippen molar-refractivity contribution in [1.29, 1.82) is 0 Å². The van der Waals surface area contributed by atoms with E-state index in [1.54, 1.807) is 13.8 Å². The summed E-state index contributed by atoms with van der Waals surface area (Å²) in [7, 11) is 0. The number of amides is 1. The van der Waals surface area contributed by atoms with Crippen LogP contribution >= 0.6 is 0 Å². The predicted octanol–water partition coefficient (Wildman–Crippen LogP) is 2.89. The minimum atomic E-state index is -0.699. The van der Waals surface area contributed by atoms with Gasteiger partial charge in [0.15, 0.2) is 0 Å². The molecule has 24 heavy (non-hydrogen) atoms. The topological polar surface area (TPSA) is 67.2 Å². The first-order chi connectivity index (χ1) is 11.2. The molecule has 130 valence electrons. The molecule has 0 radical (unpaired) electrons. The number of aryl methyl sites for hydroxylation is 2. The number of carbonyl (C=O) groups excluding carboxylic acids is 1. The zero-order valence-corrected chi connectivity index (χ0v) is 14.9. The number of benzene rings is 1. The standard InChI is InChI=1S/C19H27N3O2/c1-14-11-21-22(13-14)15(2)12-20-18(23)17-7-5-6-16(10-17)8-9-19(3,4)24/h5-7,10-11,13,15,24H,8-9,12H2,1-4H3,(H,20,23)/t15-/m0/s1. The molecule has 0 spiro atoms. The molecule has 0 saturated carbocycles. The summed E-state index contributed by atoms with van der Waals surface area (Å²) in [6.07, 6.45) is 5.18. The first kappa shape index (κ1) is 18.2. The van der Waals surface area contributed by atoms with Crippen molar-refractivity contribution in [1.82, 2.24) is 15.1 Å². The number of hydrogen-bond acceptors (Lipinski definition) is 3. The summed E-state index contributed by atoms with van der Waals surface area (Å²) in [6.45, 7) is 8.12. The van der Waals surface area contributed by atoms with Gasteiger partial charge in [0.2, 0.25) is 0 Å². The van der Waals surface area contributed by atoms with Crippen LogP contribution in [0.2, 0.25) is 0 Å². The summed E-state index contributed by atoms with van der Waals surface area (Å²) >= 11 is 0. The molecule has 1 aromatic heterocycles. The number of aromatic nitrogens is 2. The Morgan fingerprint density at radius 2 is 2.17 bits per heavy atom. The van der Waals surface area contributed by atoms with Gasteiger partial charge in [0.1, 0.15) is 0 Å². The average Bonchev–Trinajstić information content (AvgIpc) is 2.96. The number of aliphatic hydroxyl groups is 1. The van der Waals surface area contributed by atoms with Gasteiger partial charge in [-0.25, -0.2) is 0 Å². The number of rotatable bonds is 7. The van der Waals surface area contributed by atoms with Crippen molar-refractivity contribution in [2.75, 3.05) is 6.54 Å². The molecule has 2 N–H and O–H groups in total. The third-order valence-corrected chi connectivity index (χ3v) is 3.95. The number of hydrogen-bond donors (Lipinski definition) is 2. The minimum absolute atomic E-state index is 0.0872. The molecule has 0 saturated heterocycles. The van der Waals surface area contributed by atoms with Crippen molar-refractivity contribution >= 4 is 5.91 Å². The highest BCUT2D eigenvalue weighted by atomic mass is 16.3. The van der Waals surface area contributed by atoms with E-state index in [1.807, 2.05) is 55.2 Å². The maximum atomic E-state index is 12.3. The second-order valence-electron chi connectivity index (χ2n) is 7.07. The summed E-state index contributed by atoms with van der Waals surface area (Å²) in [5.74, 6) is -0.0872. The van der Waals surface area contributed by atoms with Gasteiger partial charge in [-0.3, -0.25) is 9.48 Å². The number of nitrogens with zero attached hydrogens (tertiary/aromatic N) is 2. The number of nitrogens with one attached hydrogen (secondary N) is 1. The zero-order chi connectivity index (χ0) is 17.7. The Kier molecular flexibility index (Phi) is 5.78. The maximum Gasteiger partial charge on any atom is 0.251 e. The van der Waals surface area contributed by atoms with E-state index < -0.39 is 5.60 Å². The Labute approximate surface area is 143 Å². The van der Waals surface area contributed by atoms with Gasteiger partial charge in [-0.2, -0.15) is 5.10 Å². The van der Waals surface area contributed by atoms with Crippen LogP contribution in [0.25, 0.3) is 0 Å². The molecule has 1 heterocycles. The molecule has 1 aromatic carbocycles. The number of carbonyl (C=O) groups is 1. The predicted molar refractivity (Wildman–Crippen MR) is 95.1 cm³/mol. The van der Waals surface area contributed by atoms with E-state index in [4.69, 9.17) is 0 Å². The molecule has 1 atom stereocenters. The van der Waals surface area contributed by atoms with Crippen LogP contribution in [0.3, 0.4) is 0 Å². The summed E-state index contributed by atoms with van der Waals surface area (Å²) in [5, 5.41) is 17.1. The first-order valence-corrected chi connectivity index (χ1v) is 8.35. The highest BCUT2D eigenvalue weighted by Crippen LogP contribution is 2.14. The van der Waals surface area contributed by atoms with Gasteiger partial charge in [-0.1, -0.05) is 12.1 Å². The fourth-order valence-electron chi connectivity index (χ4n) is 2.43. The molecule has 0 aliphatic carbocycles. The van der Waals surface area contributed by atoms with Crippen molar-refractivity contribution in [2.24, 2.45) is 0 Å². The lowest BCUT2D eigenvalue weighted by atomic mass is 9.98. The third kappa shape index (κ3) is 5.49. The Morgan fingerprint density at radius 1 is 1.42 bits per heavy atom. The average molecular weight is 329 g/mol. The molecule has 5 nitrogen and oxygen atoms in total. The van der Waals surface area contributed by atoms with Gasteiger partial charge >= 0.3 is 0 Å². The van der Waals surface area contributed by atoms with E-state index in [9.17, 15) is 9.90 Å². The van der Waals surface area contributed by atoms with Crippen molar-refractivity contribution in [2.45, 2.75) is 52.2 Å². The molecule has 2 aromatic rings. The van der Waals surface area contributed by atoms with E-state index >= 15 is 0 Å². The molecule has 1 amide bonds. The third-order valence-electron chi connectivity index (χ3n) is 3.95. The molecule has 5 heteroatoms. The van der Waals surface area contributed by atoms with Gasteiger partial charge in [0.25, 0.3) is 5.91 Å². The molecule has 0 unspecified atom stereocenters. The largest absolute Gasteiger partial charge is 0.390 e. The molecule has 0 aliphatic rings. The van der Waals surface area contributed by atoms with E-state index in [2.05, 4.69) is 10.4 Å². The van der Waals surface area contributed by atoms with Crippen molar-refractivity contribution in [3.8, 4) is 0 Å². The highest BCUT2D eigenvalue weighted by Gasteiger charge is 2.14. The fraction of sp³-hybridized carbons (Fsp3) is 0.474. The van der Waals surface area contributed by atoms with Crippen LogP contribution in [0.15, 0.2) is 36.7 Å². The summed E-state index contributed by atoms with van der Waals surface area (Å²) in [4.78, 5) is 12.3. The summed E-state index contributed by atoms with van der Waals surface area (Å²) < 4.78 is 1.86. The normalized spacial score (nSPS) is 12.9. The van der Waals surface area contributed by atoms with Gasteiger partial charge in [0, 0.05) is 18.3 Å². The lowest BCUT2D eigenvalue weighted by Gasteiger charge is -2.17. The van der Waals surface area contributed by atoms with E-state index in [1.165, 1.54) is 0 Å².